The summed E-state index contributed by atoms with van der Waals surface area (Å²) in [6.45, 7) is -0.898. The standard InChI is InChI=1S/C21H29N5O10/c22-12(5-6-16(23)29)18(32)26-15(9-27)20(34)24-13(7-10-1-3-11(28)4-2-10)19(33)25-14(21(35)36)8-17(30)31/h1-4,12-15,27-28H,5-9,22H2,(H2,23,29)(H,24,34)(H,25,33)(H,26,32)(H,30,31)(H,35,36). The lowest BCUT2D eigenvalue weighted by Gasteiger charge is -2.24. The zero-order valence-electron chi connectivity index (χ0n) is 19.0. The quantitative estimate of drug-likeness (QED) is 0.112. The third-order valence-electron chi connectivity index (χ3n) is 4.86. The molecule has 0 bridgehead atoms. The van der Waals surface area contributed by atoms with Gasteiger partial charge in [-0.15, -0.1) is 0 Å². The minimum atomic E-state index is -1.80. The maximum Gasteiger partial charge on any atom is 0.326 e. The summed E-state index contributed by atoms with van der Waals surface area (Å²) in [6.07, 6.45) is -1.46. The molecule has 0 aliphatic rings. The van der Waals surface area contributed by atoms with Gasteiger partial charge in [0.15, 0.2) is 0 Å². The number of hydrogen-bond donors (Lipinski definition) is 9. The average Bonchev–Trinajstić information content (AvgIpc) is 2.80. The fourth-order valence-electron chi connectivity index (χ4n) is 2.90. The number of rotatable bonds is 15. The Balaban J connectivity index is 3.03. The van der Waals surface area contributed by atoms with Gasteiger partial charge >= 0.3 is 11.9 Å². The Morgan fingerprint density at radius 2 is 1.36 bits per heavy atom. The van der Waals surface area contributed by atoms with Crippen LogP contribution < -0.4 is 27.4 Å². The molecule has 0 heterocycles. The lowest BCUT2D eigenvalue weighted by molar-refractivity contribution is -0.147. The van der Waals surface area contributed by atoms with Crippen molar-refractivity contribution in [3.05, 3.63) is 29.8 Å². The molecule has 0 spiro atoms. The van der Waals surface area contributed by atoms with Crippen LogP contribution in [0.4, 0.5) is 0 Å². The summed E-state index contributed by atoms with van der Waals surface area (Å²) >= 11 is 0. The average molecular weight is 511 g/mol. The van der Waals surface area contributed by atoms with Gasteiger partial charge in [-0.1, -0.05) is 12.1 Å². The third kappa shape index (κ3) is 10.4. The highest BCUT2D eigenvalue weighted by Gasteiger charge is 2.31. The molecular weight excluding hydrogens is 482 g/mol. The number of aromatic hydroxyl groups is 1. The van der Waals surface area contributed by atoms with Crippen molar-refractivity contribution in [3.63, 3.8) is 0 Å². The van der Waals surface area contributed by atoms with Crippen LogP contribution in [0.15, 0.2) is 24.3 Å². The van der Waals surface area contributed by atoms with Crippen molar-refractivity contribution in [2.24, 2.45) is 11.5 Å². The number of nitrogens with one attached hydrogen (secondary N) is 3. The first-order valence-corrected chi connectivity index (χ1v) is 10.6. The van der Waals surface area contributed by atoms with Crippen molar-refractivity contribution in [3.8, 4) is 5.75 Å². The van der Waals surface area contributed by atoms with Crippen LogP contribution in [-0.4, -0.2) is 86.8 Å². The summed E-state index contributed by atoms with van der Waals surface area (Å²) in [6, 6.07) is -0.586. The number of amides is 4. The molecule has 11 N–H and O–H groups in total. The lowest BCUT2D eigenvalue weighted by Crippen LogP contribution is -2.58. The second-order valence-corrected chi connectivity index (χ2v) is 7.78. The molecular formula is C21H29N5O10. The van der Waals surface area contributed by atoms with Crippen molar-refractivity contribution in [2.45, 2.75) is 49.9 Å². The molecule has 1 rings (SSSR count). The van der Waals surface area contributed by atoms with Gasteiger partial charge in [-0.25, -0.2) is 4.79 Å². The highest BCUT2D eigenvalue weighted by Crippen LogP contribution is 2.12. The molecule has 36 heavy (non-hydrogen) atoms. The van der Waals surface area contributed by atoms with E-state index >= 15 is 0 Å². The number of phenolic OH excluding ortho intramolecular Hbond substituents is 1. The van der Waals surface area contributed by atoms with Crippen LogP contribution in [0.25, 0.3) is 0 Å². The minimum Gasteiger partial charge on any atom is -0.508 e. The van der Waals surface area contributed by atoms with Crippen molar-refractivity contribution in [1.29, 1.82) is 0 Å². The van der Waals surface area contributed by atoms with Gasteiger partial charge in [-0.3, -0.25) is 24.0 Å². The molecule has 1 aromatic rings. The molecule has 0 saturated heterocycles. The number of carbonyl (C=O) groups is 6. The summed E-state index contributed by atoms with van der Waals surface area (Å²) in [7, 11) is 0. The first-order chi connectivity index (χ1) is 16.8. The van der Waals surface area contributed by atoms with Gasteiger partial charge in [-0.2, -0.15) is 0 Å². The summed E-state index contributed by atoms with van der Waals surface area (Å²) < 4.78 is 0. The molecule has 0 saturated carbocycles. The Hall–Kier alpha value is -4.24. The van der Waals surface area contributed by atoms with Crippen LogP contribution in [0.1, 0.15) is 24.8 Å². The first-order valence-electron chi connectivity index (χ1n) is 10.6. The van der Waals surface area contributed by atoms with E-state index in [1.807, 2.05) is 5.32 Å². The number of primary amides is 1. The zero-order valence-corrected chi connectivity index (χ0v) is 19.0. The van der Waals surface area contributed by atoms with Gasteiger partial charge in [0.2, 0.25) is 23.6 Å². The molecule has 0 radical (unpaired) electrons. The van der Waals surface area contributed by atoms with Crippen LogP contribution in [0.2, 0.25) is 0 Å². The van der Waals surface area contributed by atoms with Crippen LogP contribution >= 0.6 is 0 Å². The van der Waals surface area contributed by atoms with Gasteiger partial charge in [0.1, 0.15) is 23.9 Å². The number of phenols is 1. The maximum atomic E-state index is 12.8. The number of nitrogens with two attached hydrogens (primary N) is 2. The maximum absolute atomic E-state index is 12.8. The van der Waals surface area contributed by atoms with Crippen LogP contribution in [-0.2, 0) is 35.2 Å². The highest BCUT2D eigenvalue weighted by atomic mass is 16.4. The Morgan fingerprint density at radius 1 is 0.833 bits per heavy atom. The van der Waals surface area contributed by atoms with E-state index in [1.54, 1.807) is 0 Å². The molecule has 1 aromatic carbocycles. The van der Waals surface area contributed by atoms with Crippen molar-refractivity contribution in [2.75, 3.05) is 6.61 Å². The van der Waals surface area contributed by atoms with E-state index in [2.05, 4.69) is 10.6 Å². The van der Waals surface area contributed by atoms with Crippen molar-refractivity contribution < 1.29 is 49.2 Å². The van der Waals surface area contributed by atoms with Gasteiger partial charge in [-0.05, 0) is 24.1 Å². The smallest absolute Gasteiger partial charge is 0.326 e. The van der Waals surface area contributed by atoms with Crippen LogP contribution in [0.5, 0.6) is 5.75 Å². The summed E-state index contributed by atoms with van der Waals surface area (Å²) in [4.78, 5) is 70.8. The molecule has 15 nitrogen and oxygen atoms in total. The zero-order chi connectivity index (χ0) is 27.4. The SMILES string of the molecule is NC(=O)CCC(N)C(=O)NC(CO)C(=O)NC(Cc1ccc(O)cc1)C(=O)NC(CC(=O)O)C(=O)O. The summed E-state index contributed by atoms with van der Waals surface area (Å²) in [5.41, 5.74) is 11.1. The van der Waals surface area contributed by atoms with E-state index in [-0.39, 0.29) is 25.0 Å². The van der Waals surface area contributed by atoms with E-state index in [0.717, 1.165) is 0 Å². The van der Waals surface area contributed by atoms with Gasteiger partial charge in [0, 0.05) is 12.8 Å². The normalized spacial score (nSPS) is 13.9. The number of aliphatic hydroxyl groups is 1. The molecule has 0 aliphatic carbocycles. The predicted octanol–water partition coefficient (Wildman–Crippen LogP) is -3.47. The minimum absolute atomic E-state index is 0.0769. The van der Waals surface area contributed by atoms with E-state index in [0.29, 0.717) is 5.56 Å². The molecule has 0 aliphatic heterocycles. The first kappa shape index (κ1) is 29.8. The molecule has 0 fully saturated rings. The van der Waals surface area contributed by atoms with E-state index in [9.17, 15) is 44.1 Å². The number of benzene rings is 1. The van der Waals surface area contributed by atoms with Crippen molar-refractivity contribution >= 4 is 35.6 Å². The van der Waals surface area contributed by atoms with E-state index in [4.69, 9.17) is 16.6 Å². The second-order valence-electron chi connectivity index (χ2n) is 7.78. The van der Waals surface area contributed by atoms with Gasteiger partial charge in [0.25, 0.3) is 0 Å². The van der Waals surface area contributed by atoms with Gasteiger partial charge in [0.05, 0.1) is 19.1 Å². The molecule has 4 atom stereocenters. The fraction of sp³-hybridized carbons (Fsp3) is 0.429. The molecule has 15 heteroatoms. The van der Waals surface area contributed by atoms with Crippen LogP contribution in [0, 0.1) is 0 Å². The lowest BCUT2D eigenvalue weighted by atomic mass is 10.0. The Labute approximate surface area is 204 Å². The number of carboxylic acids is 2. The topological polar surface area (TPSA) is 271 Å². The predicted molar refractivity (Wildman–Crippen MR) is 121 cm³/mol. The third-order valence-corrected chi connectivity index (χ3v) is 4.86. The molecule has 0 aromatic heterocycles. The fourth-order valence-corrected chi connectivity index (χ4v) is 2.90. The van der Waals surface area contributed by atoms with E-state index < -0.39 is 72.8 Å². The summed E-state index contributed by atoms with van der Waals surface area (Å²) in [5, 5.41) is 43.6. The Morgan fingerprint density at radius 3 is 1.86 bits per heavy atom. The molecule has 4 amide bonds. The monoisotopic (exact) mass is 511 g/mol. The largest absolute Gasteiger partial charge is 0.508 e. The number of carbonyl (C=O) groups excluding carboxylic acids is 4. The second kappa shape index (κ2) is 14.2. The number of aliphatic hydroxyl groups excluding tert-OH is 1. The van der Waals surface area contributed by atoms with Crippen molar-refractivity contribution in [1.82, 2.24) is 16.0 Å². The number of hydrogen-bond acceptors (Lipinski definition) is 9. The number of carboxylic acid groups (broad SMARTS) is 2. The van der Waals surface area contributed by atoms with Crippen LogP contribution in [0.3, 0.4) is 0 Å². The Kier molecular flexibility index (Phi) is 11.8. The Bertz CT molecular complexity index is 968. The summed E-state index contributed by atoms with van der Waals surface area (Å²) in [5.74, 6) is -6.84. The van der Waals surface area contributed by atoms with Gasteiger partial charge < -0.3 is 47.8 Å². The molecule has 198 valence electrons. The van der Waals surface area contributed by atoms with E-state index in [1.165, 1.54) is 24.3 Å². The molecule has 4 unspecified atom stereocenters. The highest BCUT2D eigenvalue weighted by molar-refractivity contribution is 5.95. The number of aliphatic carboxylic acids is 2.